The van der Waals surface area contributed by atoms with Gasteiger partial charge >= 0.3 is 0 Å². The van der Waals surface area contributed by atoms with E-state index in [1.807, 2.05) is 6.07 Å². The molecular formula is C10H10N4OS. The minimum absolute atomic E-state index is 0.0714. The predicted molar refractivity (Wildman–Crippen MR) is 60.2 cm³/mol. The summed E-state index contributed by atoms with van der Waals surface area (Å²) < 4.78 is 0. The van der Waals surface area contributed by atoms with Crippen LogP contribution in [0.2, 0.25) is 0 Å². The quantitative estimate of drug-likeness (QED) is 0.597. The molecule has 0 bridgehead atoms. The number of Topliss-reactive ketones (excluding diaryl/α,β-unsaturated/α-hetero) is 1. The predicted octanol–water partition coefficient (Wildman–Crippen LogP) is 0.750. The summed E-state index contributed by atoms with van der Waals surface area (Å²) in [7, 11) is 0. The first kappa shape index (κ1) is 12.2. The summed E-state index contributed by atoms with van der Waals surface area (Å²) in [5, 5.41) is 9.21. The molecule has 16 heavy (non-hydrogen) atoms. The van der Waals surface area contributed by atoms with Gasteiger partial charge in [0.15, 0.2) is 10.9 Å². The van der Waals surface area contributed by atoms with E-state index in [9.17, 15) is 4.79 Å². The number of thioether (sulfide) groups is 1. The third-order valence-corrected chi connectivity index (χ3v) is 2.61. The van der Waals surface area contributed by atoms with E-state index in [0.717, 1.165) is 0 Å². The van der Waals surface area contributed by atoms with Gasteiger partial charge in [0.25, 0.3) is 0 Å². The smallest absolute Gasteiger partial charge is 0.187 e. The Morgan fingerprint density at radius 2 is 2.25 bits per heavy atom. The average Bonchev–Trinajstić information content (AvgIpc) is 2.28. The van der Waals surface area contributed by atoms with Gasteiger partial charge in [-0.15, -0.1) is 0 Å². The summed E-state index contributed by atoms with van der Waals surface area (Å²) in [6.07, 6.45) is 3.17. The molecular weight excluding hydrogens is 224 g/mol. The molecule has 0 amide bonds. The van der Waals surface area contributed by atoms with Gasteiger partial charge in [-0.1, -0.05) is 18.3 Å². The first-order chi connectivity index (χ1) is 7.65. The van der Waals surface area contributed by atoms with Crippen molar-refractivity contribution in [2.75, 3.05) is 5.75 Å². The zero-order valence-electron chi connectivity index (χ0n) is 8.46. The third kappa shape index (κ3) is 3.37. The molecule has 2 N–H and O–H groups in total. The Morgan fingerprint density at radius 3 is 2.75 bits per heavy atom. The number of hydrogen-bond donors (Lipinski definition) is 1. The van der Waals surface area contributed by atoms with Crippen molar-refractivity contribution in [3.63, 3.8) is 0 Å². The largest absolute Gasteiger partial charge is 0.401 e. The van der Waals surface area contributed by atoms with Crippen LogP contribution in [-0.4, -0.2) is 21.5 Å². The van der Waals surface area contributed by atoms with Gasteiger partial charge in [-0.25, -0.2) is 9.97 Å². The van der Waals surface area contributed by atoms with E-state index in [0.29, 0.717) is 5.16 Å². The standard InChI is InChI=1S/C10H10N4OS/c1-7(12)8(5-11)9(15)6-16-10-13-3-2-4-14-10/h2-4,8H,1,6,12H2/t8-/m1/s1. The van der Waals surface area contributed by atoms with Crippen molar-refractivity contribution in [3.8, 4) is 6.07 Å². The van der Waals surface area contributed by atoms with Crippen molar-refractivity contribution in [1.29, 1.82) is 5.26 Å². The SMILES string of the molecule is C=C(N)[C@@H](C#N)C(=O)CSc1ncccn1. The van der Waals surface area contributed by atoms with E-state index >= 15 is 0 Å². The number of carbonyl (C=O) groups is 1. The Labute approximate surface area is 97.4 Å². The van der Waals surface area contributed by atoms with Crippen molar-refractivity contribution in [3.05, 3.63) is 30.7 Å². The molecule has 1 rings (SSSR count). The molecule has 1 atom stereocenters. The van der Waals surface area contributed by atoms with E-state index in [-0.39, 0.29) is 17.2 Å². The Kier molecular flexibility index (Phi) is 4.48. The molecule has 0 aliphatic carbocycles. The lowest BCUT2D eigenvalue weighted by Gasteiger charge is -2.05. The molecule has 5 nitrogen and oxygen atoms in total. The number of rotatable bonds is 5. The number of aromatic nitrogens is 2. The van der Waals surface area contributed by atoms with Crippen LogP contribution in [-0.2, 0) is 4.79 Å². The van der Waals surface area contributed by atoms with Crippen molar-refractivity contribution >= 4 is 17.5 Å². The highest BCUT2D eigenvalue weighted by Crippen LogP contribution is 2.14. The average molecular weight is 234 g/mol. The number of ketones is 1. The Morgan fingerprint density at radius 1 is 1.62 bits per heavy atom. The van der Waals surface area contributed by atoms with E-state index in [2.05, 4.69) is 16.5 Å². The minimum Gasteiger partial charge on any atom is -0.401 e. The summed E-state index contributed by atoms with van der Waals surface area (Å²) >= 11 is 1.17. The lowest BCUT2D eigenvalue weighted by molar-refractivity contribution is -0.117. The maximum atomic E-state index is 11.5. The van der Waals surface area contributed by atoms with E-state index in [1.54, 1.807) is 18.5 Å². The fourth-order valence-corrected chi connectivity index (χ4v) is 1.65. The Bertz CT molecular complexity index is 426. The molecule has 0 unspecified atom stereocenters. The second-order valence-corrected chi connectivity index (χ2v) is 3.87. The monoisotopic (exact) mass is 234 g/mol. The van der Waals surface area contributed by atoms with Crippen molar-refractivity contribution < 1.29 is 4.79 Å². The number of nitrogens with zero attached hydrogens (tertiary/aromatic N) is 3. The van der Waals surface area contributed by atoms with E-state index < -0.39 is 5.92 Å². The van der Waals surface area contributed by atoms with Gasteiger partial charge < -0.3 is 5.73 Å². The van der Waals surface area contributed by atoms with Gasteiger partial charge in [-0.2, -0.15) is 5.26 Å². The lowest BCUT2D eigenvalue weighted by atomic mass is 10.1. The number of allylic oxidation sites excluding steroid dienone is 1. The normalized spacial score (nSPS) is 11.4. The molecule has 1 aromatic rings. The molecule has 0 spiro atoms. The van der Waals surface area contributed by atoms with E-state index in [4.69, 9.17) is 11.0 Å². The van der Waals surface area contributed by atoms with Crippen LogP contribution in [0.1, 0.15) is 0 Å². The van der Waals surface area contributed by atoms with Gasteiger partial charge in [0.05, 0.1) is 11.8 Å². The molecule has 0 aliphatic rings. The molecule has 1 heterocycles. The van der Waals surface area contributed by atoms with Crippen LogP contribution < -0.4 is 5.73 Å². The van der Waals surface area contributed by atoms with Crippen LogP contribution >= 0.6 is 11.8 Å². The second-order valence-electron chi connectivity index (χ2n) is 2.92. The van der Waals surface area contributed by atoms with Gasteiger partial charge in [0.2, 0.25) is 0 Å². The molecule has 82 valence electrons. The van der Waals surface area contributed by atoms with Gasteiger partial charge in [-0.05, 0) is 6.07 Å². The zero-order valence-corrected chi connectivity index (χ0v) is 9.28. The summed E-state index contributed by atoms with van der Waals surface area (Å²) in [6, 6.07) is 3.50. The molecule has 0 aliphatic heterocycles. The number of hydrogen-bond acceptors (Lipinski definition) is 6. The second kappa shape index (κ2) is 5.88. The minimum atomic E-state index is -0.948. The highest BCUT2D eigenvalue weighted by atomic mass is 32.2. The summed E-state index contributed by atoms with van der Waals surface area (Å²) in [5.41, 5.74) is 5.41. The molecule has 0 fully saturated rings. The first-order valence-electron chi connectivity index (χ1n) is 4.41. The molecule has 1 aromatic heterocycles. The fourth-order valence-electron chi connectivity index (χ4n) is 0.941. The molecule has 0 aromatic carbocycles. The van der Waals surface area contributed by atoms with Gasteiger partial charge in [-0.3, -0.25) is 4.79 Å². The zero-order chi connectivity index (χ0) is 12.0. The van der Waals surface area contributed by atoms with Crippen LogP contribution in [0.25, 0.3) is 0 Å². The highest BCUT2D eigenvalue weighted by Gasteiger charge is 2.19. The molecule has 6 heteroatoms. The lowest BCUT2D eigenvalue weighted by Crippen LogP contribution is -2.21. The first-order valence-corrected chi connectivity index (χ1v) is 5.40. The number of nitriles is 1. The van der Waals surface area contributed by atoms with Crippen LogP contribution in [0, 0.1) is 17.2 Å². The van der Waals surface area contributed by atoms with E-state index in [1.165, 1.54) is 11.8 Å². The molecule has 0 radical (unpaired) electrons. The van der Waals surface area contributed by atoms with Crippen LogP contribution in [0.3, 0.4) is 0 Å². The maximum Gasteiger partial charge on any atom is 0.187 e. The number of nitrogens with two attached hydrogens (primary N) is 1. The summed E-state index contributed by atoms with van der Waals surface area (Å²) in [5.74, 6) is -1.12. The van der Waals surface area contributed by atoms with Crippen LogP contribution in [0.5, 0.6) is 0 Å². The van der Waals surface area contributed by atoms with Gasteiger partial charge in [0, 0.05) is 18.1 Å². The van der Waals surface area contributed by atoms with Crippen molar-refractivity contribution in [2.24, 2.45) is 11.7 Å². The Balaban J connectivity index is 2.54. The summed E-state index contributed by atoms with van der Waals surface area (Å²) in [6.45, 7) is 3.40. The van der Waals surface area contributed by atoms with Crippen LogP contribution in [0.15, 0.2) is 35.9 Å². The van der Waals surface area contributed by atoms with Crippen LogP contribution in [0.4, 0.5) is 0 Å². The van der Waals surface area contributed by atoms with Gasteiger partial charge in [0.1, 0.15) is 5.92 Å². The summed E-state index contributed by atoms with van der Waals surface area (Å²) in [4.78, 5) is 19.4. The van der Waals surface area contributed by atoms with Crippen molar-refractivity contribution in [2.45, 2.75) is 5.16 Å². The molecule has 0 saturated heterocycles. The van der Waals surface area contributed by atoms with Crippen molar-refractivity contribution in [1.82, 2.24) is 9.97 Å². The topological polar surface area (TPSA) is 92.7 Å². The Hall–Kier alpha value is -1.87. The third-order valence-electron chi connectivity index (χ3n) is 1.71. The molecule has 0 saturated carbocycles. The fraction of sp³-hybridized carbons (Fsp3) is 0.200. The highest BCUT2D eigenvalue weighted by molar-refractivity contribution is 7.99. The maximum absolute atomic E-state index is 11.5. The number of carbonyl (C=O) groups excluding carboxylic acids is 1.